The molecule has 0 heterocycles. The Kier molecular flexibility index (Phi) is 5.43. The van der Waals surface area contributed by atoms with Gasteiger partial charge in [0.1, 0.15) is 5.75 Å². The van der Waals surface area contributed by atoms with E-state index in [1.54, 1.807) is 7.11 Å². The van der Waals surface area contributed by atoms with Gasteiger partial charge in [0.15, 0.2) is 0 Å². The summed E-state index contributed by atoms with van der Waals surface area (Å²) in [5.74, 6) is 2.33. The molecule has 0 aliphatic carbocycles. The Hall–Kier alpha value is -0.400. The topological polar surface area (TPSA) is 9.23 Å². The molecular formula is C13H18Cl2O. The molecule has 0 saturated heterocycles. The smallest absolute Gasteiger partial charge is 0.137 e. The first-order valence-electron chi connectivity index (χ1n) is 5.47. The number of hydrogen-bond acceptors (Lipinski definition) is 1. The highest BCUT2D eigenvalue weighted by atomic mass is 35.5. The van der Waals surface area contributed by atoms with E-state index in [1.165, 1.54) is 5.56 Å². The molecule has 16 heavy (non-hydrogen) atoms. The van der Waals surface area contributed by atoms with Crippen molar-refractivity contribution in [3.63, 3.8) is 0 Å². The average molecular weight is 261 g/mol. The van der Waals surface area contributed by atoms with Crippen LogP contribution in [-0.4, -0.2) is 13.0 Å². The lowest BCUT2D eigenvalue weighted by atomic mass is 9.92. The normalized spacial score (nSPS) is 12.9. The summed E-state index contributed by atoms with van der Waals surface area (Å²) in [5, 5.41) is 0.652. The quantitative estimate of drug-likeness (QED) is 0.697. The third-order valence-corrected chi connectivity index (χ3v) is 3.26. The summed E-state index contributed by atoms with van der Waals surface area (Å²) < 4.78 is 5.13. The summed E-state index contributed by atoms with van der Waals surface area (Å²) in [6, 6.07) is 5.90. The molecule has 0 fully saturated rings. The third-order valence-electron chi connectivity index (χ3n) is 2.59. The van der Waals surface area contributed by atoms with E-state index in [9.17, 15) is 0 Å². The summed E-state index contributed by atoms with van der Waals surface area (Å²) >= 11 is 12.1. The first-order chi connectivity index (χ1) is 7.58. The Morgan fingerprint density at radius 1 is 1.31 bits per heavy atom. The molecule has 0 aromatic heterocycles. The Morgan fingerprint density at radius 2 is 2.00 bits per heavy atom. The second kappa shape index (κ2) is 6.36. The lowest BCUT2D eigenvalue weighted by molar-refractivity contribution is 0.414. The maximum Gasteiger partial charge on any atom is 0.137 e. The van der Waals surface area contributed by atoms with Gasteiger partial charge in [-0.15, -0.1) is 11.6 Å². The summed E-state index contributed by atoms with van der Waals surface area (Å²) in [7, 11) is 1.62. The van der Waals surface area contributed by atoms with E-state index in [4.69, 9.17) is 27.9 Å². The average Bonchev–Trinajstić information content (AvgIpc) is 2.25. The fourth-order valence-corrected chi connectivity index (χ4v) is 2.36. The van der Waals surface area contributed by atoms with Crippen LogP contribution in [0.2, 0.25) is 5.02 Å². The van der Waals surface area contributed by atoms with Crippen molar-refractivity contribution in [3.8, 4) is 5.75 Å². The van der Waals surface area contributed by atoms with Gasteiger partial charge in [-0.25, -0.2) is 0 Å². The van der Waals surface area contributed by atoms with Crippen molar-refractivity contribution < 1.29 is 4.74 Å². The largest absolute Gasteiger partial charge is 0.495 e. The maximum atomic E-state index is 6.10. The van der Waals surface area contributed by atoms with E-state index < -0.39 is 0 Å². The lowest BCUT2D eigenvalue weighted by Crippen LogP contribution is -2.04. The van der Waals surface area contributed by atoms with Gasteiger partial charge in [-0.1, -0.05) is 31.5 Å². The fourth-order valence-electron chi connectivity index (χ4n) is 1.79. The Labute approximate surface area is 108 Å². The standard InChI is InChI=1S/C13H18Cl2O/c1-9(2)6-11(8-14)10-4-5-13(16-3)12(15)7-10/h4-5,7,9,11H,6,8H2,1-3H3. The summed E-state index contributed by atoms with van der Waals surface area (Å²) in [4.78, 5) is 0. The van der Waals surface area contributed by atoms with Gasteiger partial charge in [-0.05, 0) is 36.0 Å². The van der Waals surface area contributed by atoms with Crippen LogP contribution >= 0.6 is 23.2 Å². The van der Waals surface area contributed by atoms with Crippen molar-refractivity contribution in [1.29, 1.82) is 0 Å². The van der Waals surface area contributed by atoms with E-state index >= 15 is 0 Å². The number of ether oxygens (including phenoxy) is 1. The molecule has 0 aliphatic rings. The predicted molar refractivity (Wildman–Crippen MR) is 70.9 cm³/mol. The molecule has 1 atom stereocenters. The van der Waals surface area contributed by atoms with Gasteiger partial charge in [0.05, 0.1) is 12.1 Å². The van der Waals surface area contributed by atoms with Crippen LogP contribution in [0.15, 0.2) is 18.2 Å². The second-order valence-corrected chi connectivity index (χ2v) is 5.09. The zero-order chi connectivity index (χ0) is 12.1. The molecule has 0 radical (unpaired) electrons. The van der Waals surface area contributed by atoms with Crippen LogP contribution in [0.4, 0.5) is 0 Å². The Balaban J connectivity index is 2.89. The van der Waals surface area contributed by atoms with Gasteiger partial charge >= 0.3 is 0 Å². The van der Waals surface area contributed by atoms with Gasteiger partial charge in [0.25, 0.3) is 0 Å². The second-order valence-electron chi connectivity index (χ2n) is 4.37. The molecule has 0 spiro atoms. The first-order valence-corrected chi connectivity index (χ1v) is 6.39. The van der Waals surface area contributed by atoms with Crippen molar-refractivity contribution in [2.75, 3.05) is 13.0 Å². The van der Waals surface area contributed by atoms with Crippen molar-refractivity contribution in [2.45, 2.75) is 26.2 Å². The van der Waals surface area contributed by atoms with E-state index in [2.05, 4.69) is 13.8 Å². The summed E-state index contributed by atoms with van der Waals surface area (Å²) in [5.41, 5.74) is 1.19. The monoisotopic (exact) mass is 260 g/mol. The molecule has 0 aliphatic heterocycles. The van der Waals surface area contributed by atoms with Crippen LogP contribution in [-0.2, 0) is 0 Å². The number of methoxy groups -OCH3 is 1. The van der Waals surface area contributed by atoms with Crippen LogP contribution in [0.25, 0.3) is 0 Å². The highest BCUT2D eigenvalue weighted by molar-refractivity contribution is 6.32. The maximum absolute atomic E-state index is 6.10. The molecule has 1 aromatic carbocycles. The highest BCUT2D eigenvalue weighted by Gasteiger charge is 2.14. The minimum Gasteiger partial charge on any atom is -0.495 e. The molecule has 0 bridgehead atoms. The van der Waals surface area contributed by atoms with E-state index in [0.29, 0.717) is 28.5 Å². The predicted octanol–water partition coefficient (Wildman–Crippen LogP) is 4.72. The molecule has 1 aromatic rings. The number of alkyl halides is 1. The molecular weight excluding hydrogens is 243 g/mol. The lowest BCUT2D eigenvalue weighted by Gasteiger charge is -2.17. The number of hydrogen-bond donors (Lipinski definition) is 0. The third kappa shape index (κ3) is 3.57. The van der Waals surface area contributed by atoms with Gasteiger partial charge in [-0.3, -0.25) is 0 Å². The minimum atomic E-state index is 0.366. The molecule has 0 N–H and O–H groups in total. The van der Waals surface area contributed by atoms with Crippen molar-refractivity contribution in [3.05, 3.63) is 28.8 Å². The molecule has 0 saturated carbocycles. The van der Waals surface area contributed by atoms with Gasteiger partial charge in [-0.2, -0.15) is 0 Å². The number of rotatable bonds is 5. The highest BCUT2D eigenvalue weighted by Crippen LogP contribution is 2.31. The van der Waals surface area contributed by atoms with Crippen LogP contribution in [0.1, 0.15) is 31.7 Å². The summed E-state index contributed by atoms with van der Waals surface area (Å²) in [6.45, 7) is 4.40. The summed E-state index contributed by atoms with van der Waals surface area (Å²) in [6.07, 6.45) is 1.08. The van der Waals surface area contributed by atoms with Crippen molar-refractivity contribution in [2.24, 2.45) is 5.92 Å². The van der Waals surface area contributed by atoms with Crippen LogP contribution < -0.4 is 4.74 Å². The van der Waals surface area contributed by atoms with E-state index in [1.807, 2.05) is 18.2 Å². The van der Waals surface area contributed by atoms with Crippen molar-refractivity contribution >= 4 is 23.2 Å². The molecule has 1 rings (SSSR count). The molecule has 3 heteroatoms. The molecule has 1 nitrogen and oxygen atoms in total. The fraction of sp³-hybridized carbons (Fsp3) is 0.538. The van der Waals surface area contributed by atoms with Crippen LogP contribution in [0, 0.1) is 5.92 Å². The Bertz CT molecular complexity index is 337. The molecule has 1 unspecified atom stereocenters. The minimum absolute atomic E-state index is 0.366. The number of benzene rings is 1. The van der Waals surface area contributed by atoms with Crippen LogP contribution in [0.3, 0.4) is 0 Å². The molecule has 90 valence electrons. The zero-order valence-corrected chi connectivity index (χ0v) is 11.5. The van der Waals surface area contributed by atoms with Crippen molar-refractivity contribution in [1.82, 2.24) is 0 Å². The van der Waals surface area contributed by atoms with Gasteiger partial charge < -0.3 is 4.74 Å². The van der Waals surface area contributed by atoms with E-state index in [-0.39, 0.29) is 0 Å². The SMILES string of the molecule is COc1ccc(C(CCl)CC(C)C)cc1Cl. The first kappa shape index (κ1) is 13.7. The zero-order valence-electron chi connectivity index (χ0n) is 9.97. The van der Waals surface area contributed by atoms with Gasteiger partial charge in [0, 0.05) is 5.88 Å². The van der Waals surface area contributed by atoms with Crippen LogP contribution in [0.5, 0.6) is 5.75 Å². The van der Waals surface area contributed by atoms with Gasteiger partial charge in [0.2, 0.25) is 0 Å². The Morgan fingerprint density at radius 3 is 2.44 bits per heavy atom. The number of halogens is 2. The van der Waals surface area contributed by atoms with E-state index in [0.717, 1.165) is 6.42 Å². The molecule has 0 amide bonds.